The maximum absolute atomic E-state index is 11.5. The van der Waals surface area contributed by atoms with E-state index in [-0.39, 0.29) is 0 Å². The van der Waals surface area contributed by atoms with Crippen LogP contribution in [0.4, 0.5) is 0 Å². The third kappa shape index (κ3) is 8.37. The Labute approximate surface area is 148 Å². The predicted octanol–water partition coefficient (Wildman–Crippen LogP) is 5.72. The number of carbonyl (C=O) groups is 1. The highest BCUT2D eigenvalue weighted by Crippen LogP contribution is 2.22. The molecule has 0 aromatic heterocycles. The van der Waals surface area contributed by atoms with E-state index in [0.717, 1.165) is 0 Å². The first-order chi connectivity index (χ1) is 11.7. The molecule has 136 valence electrons. The fraction of sp³-hybridized carbons (Fsp3) is 0.667. The number of hydrogen-bond acceptors (Lipinski definition) is 2. The van der Waals surface area contributed by atoms with E-state index in [1.165, 1.54) is 64.2 Å². The van der Waals surface area contributed by atoms with E-state index in [1.807, 2.05) is 18.2 Å². The molecule has 1 amide bonds. The third-order valence-electron chi connectivity index (χ3n) is 4.56. The van der Waals surface area contributed by atoms with Crippen LogP contribution in [0.2, 0.25) is 0 Å². The summed E-state index contributed by atoms with van der Waals surface area (Å²) in [5.74, 6) is 0.768. The number of hydrogen-bond donors (Lipinski definition) is 1. The quantitative estimate of drug-likeness (QED) is 0.443. The van der Waals surface area contributed by atoms with Crippen LogP contribution in [0, 0.1) is 5.92 Å². The normalized spacial score (nSPS) is 11.0. The molecule has 0 fully saturated rings. The molecule has 0 spiro atoms. The average molecular weight is 334 g/mol. The summed E-state index contributed by atoms with van der Waals surface area (Å²) in [6, 6.07) is 7.28. The van der Waals surface area contributed by atoms with Gasteiger partial charge in [0.1, 0.15) is 5.75 Å². The van der Waals surface area contributed by atoms with Gasteiger partial charge < -0.3 is 10.5 Å². The van der Waals surface area contributed by atoms with Crippen molar-refractivity contribution in [1.29, 1.82) is 0 Å². The second-order valence-electron chi connectivity index (χ2n) is 6.74. The Morgan fingerprint density at radius 1 is 0.958 bits per heavy atom. The number of rotatable bonds is 14. The van der Waals surface area contributed by atoms with E-state index < -0.39 is 5.91 Å². The zero-order valence-corrected chi connectivity index (χ0v) is 15.6. The molecule has 0 atom stereocenters. The number of ether oxygens (including phenoxy) is 1. The SMILES string of the molecule is CCCCCCC(CCCCCC)COc1ccccc1C(N)=O. The Balaban J connectivity index is 2.51. The minimum atomic E-state index is -0.423. The lowest BCUT2D eigenvalue weighted by atomic mass is 9.95. The smallest absolute Gasteiger partial charge is 0.252 e. The summed E-state index contributed by atoms with van der Waals surface area (Å²) in [5, 5.41) is 0. The molecule has 1 aromatic rings. The molecule has 0 aliphatic carbocycles. The van der Waals surface area contributed by atoms with E-state index in [9.17, 15) is 4.79 Å². The molecule has 0 unspecified atom stereocenters. The van der Waals surface area contributed by atoms with Gasteiger partial charge in [0, 0.05) is 0 Å². The Morgan fingerprint density at radius 2 is 1.54 bits per heavy atom. The maximum Gasteiger partial charge on any atom is 0.252 e. The standard InChI is InChI=1S/C21H35NO2/c1-3-5-7-9-13-18(14-10-8-6-4-2)17-24-20-16-12-11-15-19(20)21(22)23/h11-12,15-16,18H,3-10,13-14,17H2,1-2H3,(H2,22,23). The summed E-state index contributed by atoms with van der Waals surface area (Å²) >= 11 is 0. The van der Waals surface area contributed by atoms with E-state index in [4.69, 9.17) is 10.5 Å². The number of carbonyl (C=O) groups excluding carboxylic acids is 1. The Morgan fingerprint density at radius 3 is 2.08 bits per heavy atom. The van der Waals surface area contributed by atoms with Gasteiger partial charge in [0.05, 0.1) is 12.2 Å². The highest BCUT2D eigenvalue weighted by molar-refractivity contribution is 5.95. The lowest BCUT2D eigenvalue weighted by Crippen LogP contribution is -2.16. The van der Waals surface area contributed by atoms with Crippen LogP contribution in [-0.4, -0.2) is 12.5 Å². The van der Waals surface area contributed by atoms with Gasteiger partial charge in [-0.1, -0.05) is 77.3 Å². The molecule has 1 aromatic carbocycles. The van der Waals surface area contributed by atoms with Crippen LogP contribution < -0.4 is 10.5 Å². The second-order valence-corrected chi connectivity index (χ2v) is 6.74. The average Bonchev–Trinajstić information content (AvgIpc) is 2.59. The number of para-hydroxylation sites is 1. The van der Waals surface area contributed by atoms with Crippen LogP contribution in [0.1, 0.15) is 88.4 Å². The molecule has 3 nitrogen and oxygen atoms in total. The van der Waals surface area contributed by atoms with Crippen molar-refractivity contribution >= 4 is 5.91 Å². The first kappa shape index (κ1) is 20.5. The molecule has 3 heteroatoms. The second kappa shape index (κ2) is 12.9. The molecular formula is C21H35NO2. The van der Waals surface area contributed by atoms with Crippen LogP contribution >= 0.6 is 0 Å². The van der Waals surface area contributed by atoms with Crippen molar-refractivity contribution in [2.24, 2.45) is 11.7 Å². The number of unbranched alkanes of at least 4 members (excludes halogenated alkanes) is 6. The molecule has 0 radical (unpaired) electrons. The monoisotopic (exact) mass is 333 g/mol. The van der Waals surface area contributed by atoms with Gasteiger partial charge in [-0.25, -0.2) is 0 Å². The number of nitrogens with two attached hydrogens (primary N) is 1. The Kier molecular flexibility index (Phi) is 11.0. The number of primary amides is 1. The van der Waals surface area contributed by atoms with Gasteiger partial charge in [0.2, 0.25) is 0 Å². The van der Waals surface area contributed by atoms with Crippen molar-refractivity contribution in [1.82, 2.24) is 0 Å². The van der Waals surface area contributed by atoms with Crippen molar-refractivity contribution in [3.63, 3.8) is 0 Å². The predicted molar refractivity (Wildman–Crippen MR) is 101 cm³/mol. The van der Waals surface area contributed by atoms with Gasteiger partial charge in [-0.05, 0) is 30.9 Å². The summed E-state index contributed by atoms with van der Waals surface area (Å²) in [4.78, 5) is 11.5. The number of benzene rings is 1. The maximum atomic E-state index is 11.5. The summed E-state index contributed by atoms with van der Waals surface area (Å²) in [5.41, 5.74) is 5.91. The van der Waals surface area contributed by atoms with Crippen LogP contribution in [-0.2, 0) is 0 Å². The van der Waals surface area contributed by atoms with Gasteiger partial charge in [0.15, 0.2) is 0 Å². The van der Waals surface area contributed by atoms with Crippen LogP contribution in [0.25, 0.3) is 0 Å². The fourth-order valence-electron chi connectivity index (χ4n) is 3.03. The van der Waals surface area contributed by atoms with Gasteiger partial charge in [-0.3, -0.25) is 4.79 Å². The zero-order valence-electron chi connectivity index (χ0n) is 15.6. The number of amides is 1. The molecule has 2 N–H and O–H groups in total. The van der Waals surface area contributed by atoms with Gasteiger partial charge in [-0.15, -0.1) is 0 Å². The van der Waals surface area contributed by atoms with E-state index >= 15 is 0 Å². The topological polar surface area (TPSA) is 52.3 Å². The Bertz CT molecular complexity index is 447. The zero-order chi connectivity index (χ0) is 17.6. The van der Waals surface area contributed by atoms with Crippen molar-refractivity contribution in [3.8, 4) is 5.75 Å². The lowest BCUT2D eigenvalue weighted by Gasteiger charge is -2.18. The summed E-state index contributed by atoms with van der Waals surface area (Å²) in [6.07, 6.45) is 12.7. The van der Waals surface area contributed by atoms with Gasteiger partial charge in [-0.2, -0.15) is 0 Å². The largest absolute Gasteiger partial charge is 0.492 e. The van der Waals surface area contributed by atoms with Crippen molar-refractivity contribution in [2.75, 3.05) is 6.61 Å². The van der Waals surface area contributed by atoms with E-state index in [2.05, 4.69) is 13.8 Å². The minimum absolute atomic E-state index is 0.423. The highest BCUT2D eigenvalue weighted by atomic mass is 16.5. The van der Waals surface area contributed by atoms with Crippen LogP contribution in [0.3, 0.4) is 0 Å². The molecular weight excluding hydrogens is 298 g/mol. The summed E-state index contributed by atoms with van der Waals surface area (Å²) < 4.78 is 5.97. The first-order valence-electron chi connectivity index (χ1n) is 9.70. The molecule has 24 heavy (non-hydrogen) atoms. The van der Waals surface area contributed by atoms with E-state index in [0.29, 0.717) is 23.8 Å². The van der Waals surface area contributed by atoms with Crippen LogP contribution in [0.15, 0.2) is 24.3 Å². The molecule has 0 saturated heterocycles. The minimum Gasteiger partial charge on any atom is -0.492 e. The summed E-state index contributed by atoms with van der Waals surface area (Å²) in [7, 11) is 0. The fourth-order valence-corrected chi connectivity index (χ4v) is 3.03. The Hall–Kier alpha value is -1.51. The van der Waals surface area contributed by atoms with E-state index in [1.54, 1.807) is 6.07 Å². The van der Waals surface area contributed by atoms with Crippen molar-refractivity contribution in [3.05, 3.63) is 29.8 Å². The van der Waals surface area contributed by atoms with Crippen LogP contribution in [0.5, 0.6) is 5.75 Å². The lowest BCUT2D eigenvalue weighted by molar-refractivity contribution is 0.0995. The van der Waals surface area contributed by atoms with Crippen molar-refractivity contribution < 1.29 is 9.53 Å². The molecule has 0 aliphatic rings. The highest BCUT2D eigenvalue weighted by Gasteiger charge is 2.13. The molecule has 0 bridgehead atoms. The third-order valence-corrected chi connectivity index (χ3v) is 4.56. The first-order valence-corrected chi connectivity index (χ1v) is 9.70. The van der Waals surface area contributed by atoms with Gasteiger partial charge in [0.25, 0.3) is 5.91 Å². The van der Waals surface area contributed by atoms with Gasteiger partial charge >= 0.3 is 0 Å². The molecule has 1 rings (SSSR count). The van der Waals surface area contributed by atoms with Crippen molar-refractivity contribution in [2.45, 2.75) is 78.1 Å². The molecule has 0 saturated carbocycles. The summed E-state index contributed by atoms with van der Waals surface area (Å²) in [6.45, 7) is 5.17. The molecule has 0 heterocycles. The molecule has 0 aliphatic heterocycles.